The van der Waals surface area contributed by atoms with Crippen LogP contribution in [0.1, 0.15) is 32.6 Å². The fraction of sp³-hybridized carbons (Fsp3) is 0.286. The Bertz CT molecular complexity index is 874. The van der Waals surface area contributed by atoms with E-state index in [9.17, 15) is 14.4 Å². The van der Waals surface area contributed by atoms with Gasteiger partial charge in [0.05, 0.1) is 0 Å². The van der Waals surface area contributed by atoms with Crippen LogP contribution in [0.5, 0.6) is 0 Å². The number of carbonyl (C=O) groups is 3. The third kappa shape index (κ3) is 5.95. The Kier molecular flexibility index (Phi) is 6.71. The predicted octanol–water partition coefficient (Wildman–Crippen LogP) is 2.83. The molecule has 27 heavy (non-hydrogen) atoms. The van der Waals surface area contributed by atoms with E-state index in [1.165, 1.54) is 0 Å². The molecule has 0 aliphatic heterocycles. The summed E-state index contributed by atoms with van der Waals surface area (Å²) in [5.41, 5.74) is 5.24. The van der Waals surface area contributed by atoms with E-state index in [4.69, 9.17) is 4.74 Å². The first-order valence-corrected chi connectivity index (χ1v) is 8.64. The standard InChI is InChI=1S/C21H24N2O4/c1-13-5-8-18(16(4)9-13)23-19(24)12-27-20(25)11-22-21(26)17-7-6-14(2)15(3)10-17/h5-10H,11-12H2,1-4H3,(H,22,26)(H,23,24). The third-order valence-electron chi connectivity index (χ3n) is 4.18. The van der Waals surface area contributed by atoms with E-state index in [1.54, 1.807) is 18.2 Å². The molecule has 2 rings (SSSR count). The van der Waals surface area contributed by atoms with Gasteiger partial charge in [0.1, 0.15) is 6.54 Å². The minimum Gasteiger partial charge on any atom is -0.454 e. The number of hydrogen-bond donors (Lipinski definition) is 2. The Morgan fingerprint density at radius 3 is 2.30 bits per heavy atom. The number of benzene rings is 2. The van der Waals surface area contributed by atoms with E-state index in [1.807, 2.05) is 45.9 Å². The van der Waals surface area contributed by atoms with Crippen molar-refractivity contribution in [2.75, 3.05) is 18.5 Å². The Morgan fingerprint density at radius 2 is 1.63 bits per heavy atom. The van der Waals surface area contributed by atoms with Crippen molar-refractivity contribution in [2.45, 2.75) is 27.7 Å². The zero-order chi connectivity index (χ0) is 20.0. The molecule has 2 aromatic rings. The van der Waals surface area contributed by atoms with E-state index in [-0.39, 0.29) is 12.5 Å². The zero-order valence-electron chi connectivity index (χ0n) is 16.0. The summed E-state index contributed by atoms with van der Waals surface area (Å²) in [5.74, 6) is -1.48. The maximum absolute atomic E-state index is 12.1. The number of esters is 1. The van der Waals surface area contributed by atoms with E-state index >= 15 is 0 Å². The van der Waals surface area contributed by atoms with Gasteiger partial charge in [-0.2, -0.15) is 0 Å². The van der Waals surface area contributed by atoms with Gasteiger partial charge in [0.25, 0.3) is 11.8 Å². The normalized spacial score (nSPS) is 10.2. The van der Waals surface area contributed by atoms with Gasteiger partial charge in [-0.15, -0.1) is 0 Å². The Labute approximate surface area is 158 Å². The average molecular weight is 368 g/mol. The third-order valence-corrected chi connectivity index (χ3v) is 4.18. The van der Waals surface area contributed by atoms with Crippen LogP contribution in [0.15, 0.2) is 36.4 Å². The monoisotopic (exact) mass is 368 g/mol. The lowest BCUT2D eigenvalue weighted by atomic mass is 10.1. The second-order valence-electron chi connectivity index (χ2n) is 6.51. The minimum atomic E-state index is -0.678. The molecule has 6 heteroatoms. The number of rotatable bonds is 6. The van der Waals surface area contributed by atoms with Gasteiger partial charge in [-0.1, -0.05) is 23.8 Å². The topological polar surface area (TPSA) is 84.5 Å². The summed E-state index contributed by atoms with van der Waals surface area (Å²) < 4.78 is 4.90. The van der Waals surface area contributed by atoms with Gasteiger partial charge in [-0.25, -0.2) is 0 Å². The summed E-state index contributed by atoms with van der Waals surface area (Å²) in [5, 5.41) is 5.18. The van der Waals surface area contributed by atoms with Crippen molar-refractivity contribution in [3.63, 3.8) is 0 Å². The van der Waals surface area contributed by atoms with Crippen molar-refractivity contribution < 1.29 is 19.1 Å². The van der Waals surface area contributed by atoms with E-state index in [2.05, 4.69) is 10.6 Å². The first-order valence-electron chi connectivity index (χ1n) is 8.64. The molecular formula is C21H24N2O4. The molecule has 0 radical (unpaired) electrons. The molecule has 0 aliphatic rings. The molecule has 0 atom stereocenters. The largest absolute Gasteiger partial charge is 0.454 e. The highest BCUT2D eigenvalue weighted by Gasteiger charge is 2.12. The Balaban J connectivity index is 1.77. The van der Waals surface area contributed by atoms with E-state index in [0.717, 1.165) is 22.3 Å². The van der Waals surface area contributed by atoms with Gasteiger partial charge < -0.3 is 15.4 Å². The average Bonchev–Trinajstić information content (AvgIpc) is 2.62. The number of anilines is 1. The van der Waals surface area contributed by atoms with Crippen LogP contribution in [-0.2, 0) is 14.3 Å². The molecule has 0 heterocycles. The first-order chi connectivity index (χ1) is 12.8. The predicted molar refractivity (Wildman–Crippen MR) is 104 cm³/mol. The van der Waals surface area contributed by atoms with Gasteiger partial charge in [0, 0.05) is 11.3 Å². The molecule has 2 aromatic carbocycles. The summed E-state index contributed by atoms with van der Waals surface area (Å²) in [4.78, 5) is 35.7. The van der Waals surface area contributed by atoms with Gasteiger partial charge in [0.15, 0.2) is 6.61 Å². The first kappa shape index (κ1) is 20.2. The number of carbonyl (C=O) groups excluding carboxylic acids is 3. The molecule has 0 bridgehead atoms. The van der Waals surface area contributed by atoms with E-state index in [0.29, 0.717) is 11.3 Å². The van der Waals surface area contributed by atoms with Crippen LogP contribution in [0.3, 0.4) is 0 Å². The molecular weight excluding hydrogens is 344 g/mol. The second-order valence-corrected chi connectivity index (χ2v) is 6.51. The Hall–Kier alpha value is -3.15. The number of amides is 2. The van der Waals surface area contributed by atoms with Crippen LogP contribution < -0.4 is 10.6 Å². The molecule has 2 amide bonds. The molecule has 0 saturated carbocycles. The highest BCUT2D eigenvalue weighted by atomic mass is 16.5. The number of hydrogen-bond acceptors (Lipinski definition) is 4. The van der Waals surface area contributed by atoms with Gasteiger partial charge >= 0.3 is 5.97 Å². The zero-order valence-corrected chi connectivity index (χ0v) is 16.0. The fourth-order valence-electron chi connectivity index (χ4n) is 2.47. The maximum atomic E-state index is 12.1. The van der Waals surface area contributed by atoms with Crippen molar-refractivity contribution in [3.05, 3.63) is 64.2 Å². The second kappa shape index (κ2) is 8.98. The number of nitrogens with one attached hydrogen (secondary N) is 2. The summed E-state index contributed by atoms with van der Waals surface area (Å²) in [6.45, 7) is 7.00. The molecule has 0 aliphatic carbocycles. The molecule has 0 fully saturated rings. The minimum absolute atomic E-state index is 0.303. The molecule has 0 aromatic heterocycles. The highest BCUT2D eigenvalue weighted by Crippen LogP contribution is 2.15. The fourth-order valence-corrected chi connectivity index (χ4v) is 2.47. The smallest absolute Gasteiger partial charge is 0.325 e. The van der Waals surface area contributed by atoms with E-state index < -0.39 is 18.5 Å². The van der Waals surface area contributed by atoms with Gasteiger partial charge in [0.2, 0.25) is 0 Å². The lowest BCUT2D eigenvalue weighted by molar-refractivity contribution is -0.146. The summed E-state index contributed by atoms with van der Waals surface area (Å²) in [7, 11) is 0. The van der Waals surface area contributed by atoms with Crippen molar-refractivity contribution in [1.82, 2.24) is 5.32 Å². The molecule has 6 nitrogen and oxygen atoms in total. The van der Waals surface area contributed by atoms with Crippen LogP contribution in [0.4, 0.5) is 5.69 Å². The van der Waals surface area contributed by atoms with Crippen molar-refractivity contribution in [3.8, 4) is 0 Å². The van der Waals surface area contributed by atoms with Gasteiger partial charge in [-0.05, 0) is 62.6 Å². The Morgan fingerprint density at radius 1 is 0.889 bits per heavy atom. The molecule has 2 N–H and O–H groups in total. The summed E-state index contributed by atoms with van der Waals surface area (Å²) >= 11 is 0. The van der Waals surface area contributed by atoms with Crippen LogP contribution in [-0.4, -0.2) is 30.9 Å². The molecule has 0 saturated heterocycles. The van der Waals surface area contributed by atoms with Crippen LogP contribution >= 0.6 is 0 Å². The lowest BCUT2D eigenvalue weighted by Crippen LogP contribution is -2.32. The van der Waals surface area contributed by atoms with Crippen molar-refractivity contribution >= 4 is 23.5 Å². The quantitative estimate of drug-likeness (QED) is 0.768. The lowest BCUT2D eigenvalue weighted by Gasteiger charge is -2.10. The number of aryl methyl sites for hydroxylation is 4. The van der Waals surface area contributed by atoms with Crippen LogP contribution in [0.2, 0.25) is 0 Å². The summed E-state index contributed by atoms with van der Waals surface area (Å²) in [6.07, 6.45) is 0. The van der Waals surface area contributed by atoms with Crippen LogP contribution in [0.25, 0.3) is 0 Å². The summed E-state index contributed by atoms with van der Waals surface area (Å²) in [6, 6.07) is 10.9. The van der Waals surface area contributed by atoms with Gasteiger partial charge in [-0.3, -0.25) is 14.4 Å². The molecule has 142 valence electrons. The highest BCUT2D eigenvalue weighted by molar-refractivity contribution is 5.97. The maximum Gasteiger partial charge on any atom is 0.325 e. The van der Waals surface area contributed by atoms with Crippen LogP contribution in [0, 0.1) is 27.7 Å². The SMILES string of the molecule is Cc1ccc(NC(=O)COC(=O)CNC(=O)c2ccc(C)c(C)c2)c(C)c1. The van der Waals surface area contributed by atoms with Crippen molar-refractivity contribution in [2.24, 2.45) is 0 Å². The molecule has 0 unspecified atom stereocenters. The van der Waals surface area contributed by atoms with Crippen molar-refractivity contribution in [1.29, 1.82) is 0 Å². The number of ether oxygens (including phenoxy) is 1. The molecule has 0 spiro atoms.